The summed E-state index contributed by atoms with van der Waals surface area (Å²) in [6.07, 6.45) is -2.03. The Morgan fingerprint density at radius 2 is 1.81 bits per heavy atom. The SMILES string of the molecule is Cc1cncc(NS(=O)(=O)c2ccccc2C(F)(F)F)c1. The van der Waals surface area contributed by atoms with Crippen LogP contribution in [0.1, 0.15) is 11.1 Å². The first-order valence-electron chi connectivity index (χ1n) is 5.81. The monoisotopic (exact) mass is 316 g/mol. The Kier molecular flexibility index (Phi) is 3.91. The number of anilines is 1. The maximum absolute atomic E-state index is 12.9. The van der Waals surface area contributed by atoms with E-state index in [1.54, 1.807) is 6.92 Å². The molecular weight excluding hydrogens is 305 g/mol. The highest BCUT2D eigenvalue weighted by Crippen LogP contribution is 2.34. The van der Waals surface area contributed by atoms with E-state index < -0.39 is 26.7 Å². The van der Waals surface area contributed by atoms with Crippen LogP contribution in [0.5, 0.6) is 0 Å². The fraction of sp³-hybridized carbons (Fsp3) is 0.154. The fourth-order valence-corrected chi connectivity index (χ4v) is 3.02. The summed E-state index contributed by atoms with van der Waals surface area (Å²) in [5.41, 5.74) is -0.426. The summed E-state index contributed by atoms with van der Waals surface area (Å²) in [4.78, 5) is 2.96. The van der Waals surface area contributed by atoms with Crippen molar-refractivity contribution in [2.45, 2.75) is 18.0 Å². The van der Waals surface area contributed by atoms with Crippen molar-refractivity contribution in [3.63, 3.8) is 0 Å². The van der Waals surface area contributed by atoms with Crippen LogP contribution >= 0.6 is 0 Å². The van der Waals surface area contributed by atoms with Gasteiger partial charge in [-0.05, 0) is 30.7 Å². The number of nitrogens with one attached hydrogen (secondary N) is 1. The molecule has 0 unspecified atom stereocenters. The smallest absolute Gasteiger partial charge is 0.278 e. The van der Waals surface area contributed by atoms with Crippen molar-refractivity contribution < 1.29 is 21.6 Å². The van der Waals surface area contributed by atoms with Gasteiger partial charge in [-0.2, -0.15) is 13.2 Å². The molecular formula is C13H11F3N2O2S. The summed E-state index contributed by atoms with van der Waals surface area (Å²) in [6, 6.07) is 5.48. The number of aryl methyl sites for hydroxylation is 1. The molecule has 1 N–H and O–H groups in total. The summed E-state index contributed by atoms with van der Waals surface area (Å²) in [7, 11) is -4.35. The Balaban J connectivity index is 2.46. The number of halogens is 3. The highest BCUT2D eigenvalue weighted by molar-refractivity contribution is 7.92. The van der Waals surface area contributed by atoms with Crippen LogP contribution in [0, 0.1) is 6.92 Å². The Hall–Kier alpha value is -2.09. The summed E-state index contributed by atoms with van der Waals surface area (Å²) < 4.78 is 65.0. The molecule has 1 heterocycles. The second kappa shape index (κ2) is 5.36. The minimum Gasteiger partial charge on any atom is -0.278 e. The molecule has 0 amide bonds. The van der Waals surface area contributed by atoms with Crippen LogP contribution in [0.2, 0.25) is 0 Å². The standard InChI is InChI=1S/C13H11F3N2O2S/c1-9-6-10(8-17-7-9)18-21(19,20)12-5-3-2-4-11(12)13(14,15)16/h2-8,18H,1H3. The second-order valence-electron chi connectivity index (χ2n) is 4.35. The Morgan fingerprint density at radius 3 is 2.43 bits per heavy atom. The molecule has 0 radical (unpaired) electrons. The van der Waals surface area contributed by atoms with Crippen molar-refractivity contribution in [2.75, 3.05) is 4.72 Å². The van der Waals surface area contributed by atoms with Gasteiger partial charge in [0, 0.05) is 6.20 Å². The van der Waals surface area contributed by atoms with Crippen LogP contribution < -0.4 is 4.72 Å². The van der Waals surface area contributed by atoms with E-state index in [-0.39, 0.29) is 5.69 Å². The third-order valence-corrected chi connectivity index (χ3v) is 4.05. The lowest BCUT2D eigenvalue weighted by Gasteiger charge is -2.14. The summed E-state index contributed by atoms with van der Waals surface area (Å²) in [6.45, 7) is 1.69. The number of alkyl halides is 3. The van der Waals surface area contributed by atoms with E-state index in [9.17, 15) is 21.6 Å². The maximum Gasteiger partial charge on any atom is 0.417 e. The lowest BCUT2D eigenvalue weighted by Crippen LogP contribution is -2.19. The van der Waals surface area contributed by atoms with Gasteiger partial charge in [-0.1, -0.05) is 12.1 Å². The molecule has 8 heteroatoms. The van der Waals surface area contributed by atoms with E-state index in [1.165, 1.54) is 24.5 Å². The summed E-state index contributed by atoms with van der Waals surface area (Å²) >= 11 is 0. The minimum atomic E-state index is -4.75. The average Bonchev–Trinajstić information content (AvgIpc) is 2.37. The highest BCUT2D eigenvalue weighted by atomic mass is 32.2. The van der Waals surface area contributed by atoms with Crippen molar-refractivity contribution in [2.24, 2.45) is 0 Å². The molecule has 0 bridgehead atoms. The van der Waals surface area contributed by atoms with E-state index in [1.807, 2.05) is 0 Å². The normalized spacial score (nSPS) is 12.2. The van der Waals surface area contributed by atoms with Gasteiger partial charge in [-0.3, -0.25) is 9.71 Å². The van der Waals surface area contributed by atoms with E-state index in [2.05, 4.69) is 9.71 Å². The largest absolute Gasteiger partial charge is 0.417 e. The van der Waals surface area contributed by atoms with Gasteiger partial charge in [-0.25, -0.2) is 8.42 Å². The predicted octanol–water partition coefficient (Wildman–Crippen LogP) is 3.21. The van der Waals surface area contributed by atoms with Crippen LogP contribution in [0.3, 0.4) is 0 Å². The zero-order valence-electron chi connectivity index (χ0n) is 10.8. The van der Waals surface area contributed by atoms with E-state index in [0.717, 1.165) is 18.2 Å². The van der Waals surface area contributed by atoms with E-state index >= 15 is 0 Å². The minimum absolute atomic E-state index is 0.104. The molecule has 0 saturated heterocycles. The van der Waals surface area contributed by atoms with E-state index in [0.29, 0.717) is 5.56 Å². The highest BCUT2D eigenvalue weighted by Gasteiger charge is 2.36. The molecule has 0 aliphatic carbocycles. The molecule has 1 aromatic carbocycles. The number of hydrogen-bond acceptors (Lipinski definition) is 3. The molecule has 0 aliphatic rings. The topological polar surface area (TPSA) is 59.1 Å². The van der Waals surface area contributed by atoms with Crippen LogP contribution in [0.25, 0.3) is 0 Å². The number of rotatable bonds is 3. The average molecular weight is 316 g/mol. The Morgan fingerprint density at radius 1 is 1.14 bits per heavy atom. The molecule has 2 aromatic rings. The number of benzene rings is 1. The molecule has 0 atom stereocenters. The zero-order valence-corrected chi connectivity index (χ0v) is 11.7. The Labute approximate surface area is 119 Å². The Bertz CT molecular complexity index is 758. The van der Waals surface area contributed by atoms with Gasteiger partial charge in [-0.15, -0.1) is 0 Å². The maximum atomic E-state index is 12.9. The molecule has 0 spiro atoms. The number of pyridine rings is 1. The van der Waals surface area contributed by atoms with Crippen molar-refractivity contribution in [3.05, 3.63) is 53.9 Å². The molecule has 0 fully saturated rings. The molecule has 112 valence electrons. The number of sulfonamides is 1. The fourth-order valence-electron chi connectivity index (χ4n) is 1.76. The molecule has 2 rings (SSSR count). The molecule has 4 nitrogen and oxygen atoms in total. The lowest BCUT2D eigenvalue weighted by molar-refractivity contribution is -0.139. The van der Waals surface area contributed by atoms with Gasteiger partial charge in [0.2, 0.25) is 0 Å². The molecule has 0 saturated carbocycles. The lowest BCUT2D eigenvalue weighted by atomic mass is 10.2. The van der Waals surface area contributed by atoms with Crippen LogP contribution in [-0.2, 0) is 16.2 Å². The van der Waals surface area contributed by atoms with Gasteiger partial charge in [0.15, 0.2) is 0 Å². The van der Waals surface area contributed by atoms with Gasteiger partial charge < -0.3 is 0 Å². The zero-order chi connectivity index (χ0) is 15.7. The number of hydrogen-bond donors (Lipinski definition) is 1. The first-order valence-corrected chi connectivity index (χ1v) is 7.29. The molecule has 21 heavy (non-hydrogen) atoms. The first-order chi connectivity index (χ1) is 9.70. The molecule has 0 aliphatic heterocycles. The molecule has 1 aromatic heterocycles. The summed E-state index contributed by atoms with van der Waals surface area (Å²) in [5.74, 6) is 0. The van der Waals surface area contributed by atoms with Gasteiger partial charge in [0.1, 0.15) is 0 Å². The first kappa shape index (κ1) is 15.3. The van der Waals surface area contributed by atoms with Gasteiger partial charge in [0.05, 0.1) is 22.3 Å². The second-order valence-corrected chi connectivity index (χ2v) is 6.00. The van der Waals surface area contributed by atoms with Gasteiger partial charge >= 0.3 is 6.18 Å². The van der Waals surface area contributed by atoms with Gasteiger partial charge in [0.25, 0.3) is 10.0 Å². The predicted molar refractivity (Wildman–Crippen MR) is 71.2 cm³/mol. The third-order valence-electron chi connectivity index (χ3n) is 2.61. The van der Waals surface area contributed by atoms with E-state index in [4.69, 9.17) is 0 Å². The van der Waals surface area contributed by atoms with Crippen molar-refractivity contribution >= 4 is 15.7 Å². The quantitative estimate of drug-likeness (QED) is 0.946. The van der Waals surface area contributed by atoms with Crippen molar-refractivity contribution in [1.29, 1.82) is 0 Å². The van der Waals surface area contributed by atoms with Crippen LogP contribution in [0.15, 0.2) is 47.6 Å². The third kappa shape index (κ3) is 3.52. The summed E-state index contributed by atoms with van der Waals surface area (Å²) in [5, 5.41) is 0. The number of aromatic nitrogens is 1. The van der Waals surface area contributed by atoms with Crippen molar-refractivity contribution in [3.8, 4) is 0 Å². The van der Waals surface area contributed by atoms with Crippen LogP contribution in [0.4, 0.5) is 18.9 Å². The van der Waals surface area contributed by atoms with Crippen LogP contribution in [-0.4, -0.2) is 13.4 Å². The number of nitrogens with zero attached hydrogens (tertiary/aromatic N) is 1. The van der Waals surface area contributed by atoms with Crippen molar-refractivity contribution in [1.82, 2.24) is 4.98 Å².